The molecule has 6 rings (SSSR count). The van der Waals surface area contributed by atoms with Crippen LogP contribution in [0.15, 0.2) is 85.2 Å². The molecule has 0 atom stereocenters. The van der Waals surface area contributed by atoms with Gasteiger partial charge in [-0.1, -0.05) is 54.6 Å². The molecular weight excluding hydrogens is 559 g/mol. The van der Waals surface area contributed by atoms with Gasteiger partial charge in [-0.3, -0.25) is 9.80 Å². The summed E-state index contributed by atoms with van der Waals surface area (Å²) < 4.78 is 43.0. The molecule has 218 valence electrons. The van der Waals surface area contributed by atoms with Crippen LogP contribution in [0.5, 0.6) is 5.75 Å². The van der Waals surface area contributed by atoms with E-state index in [0.29, 0.717) is 41.1 Å². The minimum absolute atomic E-state index is 0.216. The van der Waals surface area contributed by atoms with Crippen molar-refractivity contribution in [2.75, 3.05) is 22.2 Å². The smallest absolute Gasteiger partial charge is 0.405 e. The van der Waals surface area contributed by atoms with E-state index >= 15 is 0 Å². The third-order valence-electron chi connectivity index (χ3n) is 7.05. The van der Waals surface area contributed by atoms with Crippen molar-refractivity contribution < 1.29 is 22.7 Å². The van der Waals surface area contributed by atoms with E-state index in [-0.39, 0.29) is 23.9 Å². The minimum Gasteiger partial charge on any atom is -0.405 e. The number of ether oxygens (including phenoxy) is 1. The van der Waals surface area contributed by atoms with Crippen molar-refractivity contribution in [2.24, 2.45) is 0 Å². The Balaban J connectivity index is 1.25. The Bertz CT molecular complexity index is 1790. The van der Waals surface area contributed by atoms with E-state index in [2.05, 4.69) is 30.0 Å². The van der Waals surface area contributed by atoms with Gasteiger partial charge in [-0.2, -0.15) is 4.98 Å². The maximum absolute atomic E-state index is 13.6. The summed E-state index contributed by atoms with van der Waals surface area (Å²) in [6.07, 6.45) is -1.67. The summed E-state index contributed by atoms with van der Waals surface area (Å²) in [5, 5.41) is 3.20. The first kappa shape index (κ1) is 27.8. The van der Waals surface area contributed by atoms with Crippen LogP contribution >= 0.6 is 0 Å². The topological polar surface area (TPSA) is 99.3 Å². The van der Waals surface area contributed by atoms with Crippen LogP contribution in [0.25, 0.3) is 22.6 Å². The fraction of sp³-hybridized carbons (Fsp3) is 0.161. The summed E-state index contributed by atoms with van der Waals surface area (Å²) >= 11 is 0. The number of urea groups is 1. The lowest BCUT2D eigenvalue weighted by Crippen LogP contribution is -2.46. The predicted molar refractivity (Wildman–Crippen MR) is 157 cm³/mol. The molecule has 2 aromatic heterocycles. The lowest BCUT2D eigenvalue weighted by molar-refractivity contribution is -0.274. The monoisotopic (exact) mass is 585 g/mol. The number of hydrogen-bond donors (Lipinski definition) is 2. The second-order valence-corrected chi connectivity index (χ2v) is 10.0. The van der Waals surface area contributed by atoms with Crippen LogP contribution in [-0.4, -0.2) is 39.4 Å². The SMILES string of the molecule is Cc1ccc(-c2ncc(-c3ccccc3OC(F)(F)F)[nH]2)cc1N1Cc2cnc(NCc3ccccc3)nc2N(C)C1=O. The van der Waals surface area contributed by atoms with Crippen molar-refractivity contribution in [3.05, 3.63) is 102 Å². The second-order valence-electron chi connectivity index (χ2n) is 10.0. The largest absolute Gasteiger partial charge is 0.573 e. The minimum atomic E-state index is -4.83. The quantitative estimate of drug-likeness (QED) is 0.215. The fourth-order valence-corrected chi connectivity index (χ4v) is 4.91. The fourth-order valence-electron chi connectivity index (χ4n) is 4.91. The molecule has 5 aromatic rings. The number of aryl methyl sites for hydroxylation is 1. The highest BCUT2D eigenvalue weighted by Gasteiger charge is 2.33. The Morgan fingerprint density at radius 3 is 2.56 bits per heavy atom. The number of anilines is 3. The molecule has 1 aliphatic heterocycles. The Morgan fingerprint density at radius 1 is 1.00 bits per heavy atom. The number of alkyl halides is 3. The van der Waals surface area contributed by atoms with Crippen LogP contribution in [0, 0.1) is 6.92 Å². The number of benzene rings is 3. The van der Waals surface area contributed by atoms with Crippen LogP contribution < -0.4 is 19.9 Å². The molecule has 3 aromatic carbocycles. The lowest BCUT2D eigenvalue weighted by atomic mass is 10.1. The number of imidazole rings is 1. The molecule has 1 aliphatic rings. The predicted octanol–water partition coefficient (Wildman–Crippen LogP) is 6.93. The molecule has 12 heteroatoms. The van der Waals surface area contributed by atoms with Gasteiger partial charge in [-0.25, -0.2) is 14.8 Å². The number of fused-ring (bicyclic) bond motifs is 1. The van der Waals surface area contributed by atoms with E-state index in [9.17, 15) is 18.0 Å². The van der Waals surface area contributed by atoms with Crippen molar-refractivity contribution >= 4 is 23.5 Å². The number of nitrogens with zero attached hydrogens (tertiary/aromatic N) is 5. The molecule has 0 aliphatic carbocycles. The standard InChI is InChI=1S/C31H26F3N7O2/c1-19-12-13-21(27-35-17-24(38-27)23-10-6-7-11-26(23)43-31(32,33)34)14-25(19)41-18-22-16-37-29(39-28(22)40(2)30(41)42)36-15-20-8-4-3-5-9-20/h3-14,16-17H,15,18H2,1-2H3,(H,35,38)(H,36,37,39). The van der Waals surface area contributed by atoms with Gasteiger partial charge >= 0.3 is 12.4 Å². The molecule has 2 amide bonds. The highest BCUT2D eigenvalue weighted by molar-refractivity contribution is 6.05. The molecule has 0 unspecified atom stereocenters. The normalized spacial score (nSPS) is 13.2. The van der Waals surface area contributed by atoms with Gasteiger partial charge in [0.15, 0.2) is 0 Å². The molecule has 0 saturated carbocycles. The van der Waals surface area contributed by atoms with Crippen molar-refractivity contribution in [1.82, 2.24) is 19.9 Å². The van der Waals surface area contributed by atoms with Crippen LogP contribution in [0.3, 0.4) is 0 Å². The molecular formula is C31H26F3N7O2. The average molecular weight is 586 g/mol. The number of hydrogen-bond acceptors (Lipinski definition) is 6. The Hall–Kier alpha value is -5.39. The molecule has 0 fully saturated rings. The van der Waals surface area contributed by atoms with Crippen molar-refractivity contribution in [2.45, 2.75) is 26.4 Å². The number of carbonyl (C=O) groups is 1. The maximum Gasteiger partial charge on any atom is 0.573 e. The summed E-state index contributed by atoms with van der Waals surface area (Å²) in [6, 6.07) is 21.0. The first-order chi connectivity index (χ1) is 20.7. The van der Waals surface area contributed by atoms with Crippen molar-refractivity contribution in [1.29, 1.82) is 0 Å². The Morgan fingerprint density at radius 2 is 1.77 bits per heavy atom. The first-order valence-electron chi connectivity index (χ1n) is 13.4. The number of aromatic nitrogens is 4. The second kappa shape index (κ2) is 11.1. The lowest BCUT2D eigenvalue weighted by Gasteiger charge is -2.35. The molecule has 3 heterocycles. The van der Waals surface area contributed by atoms with Gasteiger partial charge < -0.3 is 15.0 Å². The Labute approximate surface area is 245 Å². The van der Waals surface area contributed by atoms with Crippen molar-refractivity contribution in [3.8, 4) is 28.4 Å². The van der Waals surface area contributed by atoms with E-state index < -0.39 is 6.36 Å². The van der Waals surface area contributed by atoms with Gasteiger partial charge in [0.25, 0.3) is 0 Å². The zero-order valence-electron chi connectivity index (χ0n) is 23.2. The molecule has 2 N–H and O–H groups in total. The summed E-state index contributed by atoms with van der Waals surface area (Å²) in [6.45, 7) is 2.70. The number of para-hydroxylation sites is 1. The van der Waals surface area contributed by atoms with E-state index in [1.807, 2.05) is 55.5 Å². The van der Waals surface area contributed by atoms with Crippen LogP contribution in [0.2, 0.25) is 0 Å². The molecule has 0 spiro atoms. The summed E-state index contributed by atoms with van der Waals surface area (Å²) in [7, 11) is 1.67. The molecule has 43 heavy (non-hydrogen) atoms. The van der Waals surface area contributed by atoms with Gasteiger partial charge in [-0.05, 0) is 36.2 Å². The van der Waals surface area contributed by atoms with E-state index in [4.69, 9.17) is 0 Å². The van der Waals surface area contributed by atoms with E-state index in [1.165, 1.54) is 29.3 Å². The van der Waals surface area contributed by atoms with Gasteiger partial charge in [0.2, 0.25) is 5.95 Å². The van der Waals surface area contributed by atoms with Gasteiger partial charge in [-0.15, -0.1) is 13.2 Å². The van der Waals surface area contributed by atoms with Crippen LogP contribution in [-0.2, 0) is 13.1 Å². The highest BCUT2D eigenvalue weighted by Crippen LogP contribution is 2.36. The average Bonchev–Trinajstić information content (AvgIpc) is 3.49. The van der Waals surface area contributed by atoms with E-state index in [0.717, 1.165) is 16.7 Å². The summed E-state index contributed by atoms with van der Waals surface area (Å²) in [5.41, 5.74) is 4.59. The van der Waals surface area contributed by atoms with Crippen molar-refractivity contribution in [3.63, 3.8) is 0 Å². The third kappa shape index (κ3) is 5.85. The molecule has 9 nitrogen and oxygen atoms in total. The molecule has 0 bridgehead atoms. The van der Waals surface area contributed by atoms with Gasteiger partial charge in [0.1, 0.15) is 17.4 Å². The summed E-state index contributed by atoms with van der Waals surface area (Å²) in [4.78, 5) is 33.2. The Kier molecular flexibility index (Phi) is 7.18. The molecule has 0 radical (unpaired) electrons. The highest BCUT2D eigenvalue weighted by atomic mass is 19.4. The summed E-state index contributed by atoms with van der Waals surface area (Å²) in [5.74, 6) is 1.03. The number of nitrogens with one attached hydrogen (secondary N) is 2. The number of carbonyl (C=O) groups excluding carboxylic acids is 1. The third-order valence-corrected chi connectivity index (χ3v) is 7.05. The zero-order valence-corrected chi connectivity index (χ0v) is 23.2. The number of amides is 2. The number of H-pyrrole nitrogens is 1. The van der Waals surface area contributed by atoms with Crippen LogP contribution in [0.4, 0.5) is 35.4 Å². The van der Waals surface area contributed by atoms with Gasteiger partial charge in [0.05, 0.1) is 18.4 Å². The maximum atomic E-state index is 13.6. The first-order valence-corrected chi connectivity index (χ1v) is 13.4. The zero-order chi connectivity index (χ0) is 30.1. The number of halogens is 3. The van der Waals surface area contributed by atoms with Gasteiger partial charge in [0, 0.05) is 42.2 Å². The molecule has 0 saturated heterocycles. The number of aromatic amines is 1. The van der Waals surface area contributed by atoms with E-state index in [1.54, 1.807) is 24.2 Å². The van der Waals surface area contributed by atoms with Crippen LogP contribution in [0.1, 0.15) is 16.7 Å². The number of rotatable bonds is 7.